The minimum absolute atomic E-state index is 0.298. The van der Waals surface area contributed by atoms with Crippen LogP contribution in [0.1, 0.15) is 44.6 Å². The van der Waals surface area contributed by atoms with Crippen molar-refractivity contribution in [2.45, 2.75) is 50.3 Å². The Morgan fingerprint density at radius 2 is 1.90 bits per heavy atom. The summed E-state index contributed by atoms with van der Waals surface area (Å²) < 4.78 is 5.45. The summed E-state index contributed by atoms with van der Waals surface area (Å²) in [5, 5.41) is 0. The Labute approximate surface area is 126 Å². The monoisotopic (exact) mass is 294 g/mol. The number of hydrogen-bond acceptors (Lipinski definition) is 2. The molecule has 0 saturated heterocycles. The molecule has 1 aliphatic rings. The van der Waals surface area contributed by atoms with E-state index in [9.17, 15) is 4.79 Å². The second-order valence-corrected chi connectivity index (χ2v) is 6.80. The van der Waals surface area contributed by atoms with Crippen LogP contribution in [0, 0.1) is 5.92 Å². The van der Waals surface area contributed by atoms with Gasteiger partial charge in [-0.25, -0.2) is 0 Å². The predicted molar refractivity (Wildman–Crippen MR) is 81.9 cm³/mol. The first kappa shape index (κ1) is 15.4. The molecular formula is C17H23ClO2. The molecule has 110 valence electrons. The number of halogens is 1. The zero-order valence-electron chi connectivity index (χ0n) is 12.1. The Bertz CT molecular complexity index is 422. The first-order valence-corrected chi connectivity index (χ1v) is 7.86. The van der Waals surface area contributed by atoms with E-state index >= 15 is 0 Å². The molecule has 0 unspecified atom stereocenters. The summed E-state index contributed by atoms with van der Waals surface area (Å²) in [4.78, 5) is 11.2. The predicted octanol–water partition coefficient (Wildman–Crippen LogP) is 4.35. The number of hydrogen-bond donors (Lipinski definition) is 0. The molecule has 1 fully saturated rings. The van der Waals surface area contributed by atoms with Crippen molar-refractivity contribution in [3.05, 3.63) is 35.9 Å². The molecular weight excluding hydrogens is 272 g/mol. The van der Waals surface area contributed by atoms with E-state index in [4.69, 9.17) is 16.3 Å². The average Bonchev–Trinajstić information content (AvgIpc) is 2.46. The highest BCUT2D eigenvalue weighted by Crippen LogP contribution is 2.26. The van der Waals surface area contributed by atoms with Crippen molar-refractivity contribution in [2.75, 3.05) is 6.61 Å². The molecule has 3 heteroatoms. The minimum atomic E-state index is -0.976. The average molecular weight is 295 g/mol. The van der Waals surface area contributed by atoms with Crippen LogP contribution in [0.3, 0.4) is 0 Å². The van der Waals surface area contributed by atoms with E-state index in [-0.39, 0.29) is 5.97 Å². The molecule has 0 N–H and O–H groups in total. The van der Waals surface area contributed by atoms with Crippen LogP contribution in [-0.2, 0) is 16.0 Å². The highest BCUT2D eigenvalue weighted by atomic mass is 35.5. The van der Waals surface area contributed by atoms with Gasteiger partial charge in [-0.15, -0.1) is 11.6 Å². The molecule has 0 radical (unpaired) electrons. The number of ether oxygens (including phenoxy) is 1. The Hall–Kier alpha value is -1.02. The van der Waals surface area contributed by atoms with Gasteiger partial charge in [-0.1, -0.05) is 49.6 Å². The van der Waals surface area contributed by atoms with E-state index < -0.39 is 4.87 Å². The third-order valence-electron chi connectivity index (χ3n) is 3.98. The molecule has 0 heterocycles. The summed E-state index contributed by atoms with van der Waals surface area (Å²) in [6, 6.07) is 9.83. The summed E-state index contributed by atoms with van der Waals surface area (Å²) >= 11 is 6.36. The Morgan fingerprint density at radius 1 is 1.25 bits per heavy atom. The van der Waals surface area contributed by atoms with Crippen molar-refractivity contribution >= 4 is 17.6 Å². The lowest BCUT2D eigenvalue weighted by atomic mass is 9.90. The molecule has 0 amide bonds. The van der Waals surface area contributed by atoms with Crippen LogP contribution in [0.25, 0.3) is 0 Å². The molecule has 1 saturated carbocycles. The zero-order valence-corrected chi connectivity index (χ0v) is 12.9. The van der Waals surface area contributed by atoms with Gasteiger partial charge < -0.3 is 4.74 Å². The number of benzene rings is 1. The third kappa shape index (κ3) is 4.52. The largest absolute Gasteiger partial charge is 0.464 e. The molecule has 1 aromatic rings. The third-order valence-corrected chi connectivity index (χ3v) is 4.27. The fourth-order valence-electron chi connectivity index (χ4n) is 2.75. The topological polar surface area (TPSA) is 26.3 Å². The summed E-state index contributed by atoms with van der Waals surface area (Å²) in [6.07, 6.45) is 6.66. The van der Waals surface area contributed by atoms with Gasteiger partial charge in [0, 0.05) is 6.42 Å². The van der Waals surface area contributed by atoms with E-state index in [1.807, 2.05) is 30.3 Å². The SMILES string of the molecule is C[C@](Cl)(Cc1ccccc1)C(=O)OCC1CCCCC1. The normalized spacial score (nSPS) is 19.3. The van der Waals surface area contributed by atoms with Crippen molar-refractivity contribution in [3.63, 3.8) is 0 Å². The van der Waals surface area contributed by atoms with Gasteiger partial charge >= 0.3 is 5.97 Å². The summed E-state index contributed by atoms with van der Waals surface area (Å²) in [7, 11) is 0. The fourth-order valence-corrected chi connectivity index (χ4v) is 2.96. The molecule has 1 aliphatic carbocycles. The number of rotatable bonds is 5. The van der Waals surface area contributed by atoms with Gasteiger partial charge in [-0.3, -0.25) is 4.79 Å². The van der Waals surface area contributed by atoms with Crippen LogP contribution >= 0.6 is 11.6 Å². The molecule has 0 bridgehead atoms. The van der Waals surface area contributed by atoms with Gasteiger partial charge in [-0.2, -0.15) is 0 Å². The Kier molecular flexibility index (Phi) is 5.47. The zero-order chi connectivity index (χ0) is 14.4. The van der Waals surface area contributed by atoms with E-state index in [1.54, 1.807) is 6.92 Å². The number of esters is 1. The smallest absolute Gasteiger partial charge is 0.327 e. The highest BCUT2D eigenvalue weighted by molar-refractivity contribution is 6.33. The van der Waals surface area contributed by atoms with Crippen LogP contribution in [0.2, 0.25) is 0 Å². The minimum Gasteiger partial charge on any atom is -0.464 e. The highest BCUT2D eigenvalue weighted by Gasteiger charge is 2.33. The Morgan fingerprint density at radius 3 is 2.55 bits per heavy atom. The van der Waals surface area contributed by atoms with Crippen molar-refractivity contribution in [1.82, 2.24) is 0 Å². The quantitative estimate of drug-likeness (QED) is 0.596. The second kappa shape index (κ2) is 7.12. The summed E-state index contributed by atoms with van der Waals surface area (Å²) in [5.41, 5.74) is 1.06. The van der Waals surface area contributed by atoms with Crippen LogP contribution in [0.15, 0.2) is 30.3 Å². The number of carbonyl (C=O) groups excluding carboxylic acids is 1. The van der Waals surface area contributed by atoms with Gasteiger partial charge in [0.25, 0.3) is 0 Å². The van der Waals surface area contributed by atoms with Gasteiger partial charge in [0.15, 0.2) is 0 Å². The van der Waals surface area contributed by atoms with Crippen LogP contribution in [0.5, 0.6) is 0 Å². The maximum absolute atomic E-state index is 12.2. The number of alkyl halides is 1. The first-order chi connectivity index (χ1) is 9.58. The van der Waals surface area contributed by atoms with Crippen LogP contribution in [-0.4, -0.2) is 17.5 Å². The van der Waals surface area contributed by atoms with Crippen molar-refractivity contribution in [1.29, 1.82) is 0 Å². The van der Waals surface area contributed by atoms with Gasteiger partial charge in [-0.05, 0) is 31.2 Å². The van der Waals surface area contributed by atoms with E-state index in [1.165, 1.54) is 32.1 Å². The molecule has 0 aliphatic heterocycles. The van der Waals surface area contributed by atoms with E-state index in [0.717, 1.165) is 5.56 Å². The van der Waals surface area contributed by atoms with Gasteiger partial charge in [0.05, 0.1) is 6.61 Å². The van der Waals surface area contributed by atoms with Crippen LogP contribution < -0.4 is 0 Å². The van der Waals surface area contributed by atoms with Crippen LogP contribution in [0.4, 0.5) is 0 Å². The molecule has 0 spiro atoms. The lowest BCUT2D eigenvalue weighted by molar-refractivity contribution is -0.148. The summed E-state index contributed by atoms with van der Waals surface area (Å²) in [6.45, 7) is 2.26. The molecule has 2 nitrogen and oxygen atoms in total. The van der Waals surface area contributed by atoms with Gasteiger partial charge in [0.1, 0.15) is 4.87 Å². The summed E-state index contributed by atoms with van der Waals surface area (Å²) in [5.74, 6) is 0.227. The van der Waals surface area contributed by atoms with Crippen molar-refractivity contribution < 1.29 is 9.53 Å². The lowest BCUT2D eigenvalue weighted by Crippen LogP contribution is -2.34. The lowest BCUT2D eigenvalue weighted by Gasteiger charge is -2.24. The van der Waals surface area contributed by atoms with Crippen molar-refractivity contribution in [2.24, 2.45) is 5.92 Å². The molecule has 1 atom stereocenters. The molecule has 20 heavy (non-hydrogen) atoms. The molecule has 0 aromatic heterocycles. The maximum Gasteiger partial charge on any atom is 0.327 e. The maximum atomic E-state index is 12.2. The fraction of sp³-hybridized carbons (Fsp3) is 0.588. The van der Waals surface area contributed by atoms with Gasteiger partial charge in [0.2, 0.25) is 0 Å². The van der Waals surface area contributed by atoms with Crippen molar-refractivity contribution in [3.8, 4) is 0 Å². The number of carbonyl (C=O) groups is 1. The second-order valence-electron chi connectivity index (χ2n) is 5.96. The first-order valence-electron chi connectivity index (χ1n) is 7.48. The Balaban J connectivity index is 1.83. The molecule has 2 rings (SSSR count). The standard InChI is InChI=1S/C17H23ClO2/c1-17(18,12-14-8-4-2-5-9-14)16(19)20-13-15-10-6-3-7-11-15/h2,4-5,8-9,15H,3,6-7,10-13H2,1H3/t17-/m0/s1. The van der Waals surface area contributed by atoms with E-state index in [0.29, 0.717) is 18.9 Å². The molecule has 1 aromatic carbocycles. The van der Waals surface area contributed by atoms with E-state index in [2.05, 4.69) is 0 Å².